The molecule has 0 aromatic heterocycles. The molecule has 0 atom stereocenters. The molecule has 1 aliphatic rings. The zero-order valence-corrected chi connectivity index (χ0v) is 16.4. The molecule has 1 aliphatic heterocycles. The van der Waals surface area contributed by atoms with Gasteiger partial charge in [0.05, 0.1) is 0 Å². The molecular weight excluding hydrogens is 341 g/mol. The summed E-state index contributed by atoms with van der Waals surface area (Å²) >= 11 is -2.07. The number of hydrogen-bond acceptors (Lipinski definition) is 2. The average Bonchev–Trinajstić information content (AvgIpc) is 2.48. The van der Waals surface area contributed by atoms with Crippen LogP contribution in [0, 0.1) is 0 Å². The Morgan fingerprint density at radius 1 is 0.789 bits per heavy atom. The number of nitrogens with zero attached hydrogens (tertiary/aromatic N) is 1. The van der Waals surface area contributed by atoms with Gasteiger partial charge in [-0.25, -0.2) is 0 Å². The molecule has 0 aromatic rings. The fourth-order valence-electron chi connectivity index (χ4n) is 3.40. The molecule has 114 valence electrons. The van der Waals surface area contributed by atoms with Crippen LogP contribution in [-0.2, 0) is 4.74 Å². The van der Waals surface area contributed by atoms with Crippen LogP contribution in [0.2, 0.25) is 13.3 Å². The summed E-state index contributed by atoms with van der Waals surface area (Å²) in [7, 11) is 0. The quantitative estimate of drug-likeness (QED) is 0.514. The molecule has 0 aromatic carbocycles. The molecule has 1 saturated heterocycles. The van der Waals surface area contributed by atoms with E-state index < -0.39 is 18.7 Å². The molecule has 0 spiro atoms. The van der Waals surface area contributed by atoms with Crippen molar-refractivity contribution in [2.75, 3.05) is 26.3 Å². The zero-order valence-electron chi connectivity index (χ0n) is 13.5. The van der Waals surface area contributed by atoms with E-state index in [9.17, 15) is 0 Å². The van der Waals surface area contributed by atoms with Crippen LogP contribution in [0.15, 0.2) is 0 Å². The van der Waals surface area contributed by atoms with Crippen molar-refractivity contribution in [3.8, 4) is 0 Å². The number of hydrogen-bond donors (Lipinski definition) is 0. The maximum absolute atomic E-state index is 5.60. The van der Waals surface area contributed by atoms with E-state index in [-0.39, 0.29) is 0 Å². The predicted octanol–water partition coefficient (Wildman–Crippen LogP) is 4.66. The first kappa shape index (κ1) is 17.8. The van der Waals surface area contributed by atoms with Crippen LogP contribution in [0.25, 0.3) is 0 Å². The van der Waals surface area contributed by atoms with Crippen LogP contribution in [-0.4, -0.2) is 48.1 Å². The minimum absolute atomic E-state index is 0.989. The van der Waals surface area contributed by atoms with Crippen molar-refractivity contribution in [2.45, 2.75) is 72.6 Å². The Hall–Kier alpha value is 0.719. The van der Waals surface area contributed by atoms with Crippen LogP contribution in [0.3, 0.4) is 0 Å². The van der Waals surface area contributed by atoms with Crippen molar-refractivity contribution in [1.29, 1.82) is 0 Å². The average molecular weight is 376 g/mol. The van der Waals surface area contributed by atoms with Crippen molar-refractivity contribution >= 4 is 18.7 Å². The van der Waals surface area contributed by atoms with Crippen molar-refractivity contribution in [3.63, 3.8) is 0 Å². The first-order chi connectivity index (χ1) is 9.29. The van der Waals surface area contributed by atoms with Crippen LogP contribution in [0.5, 0.6) is 0 Å². The van der Waals surface area contributed by atoms with Crippen molar-refractivity contribution < 1.29 is 4.74 Å². The summed E-state index contributed by atoms with van der Waals surface area (Å²) in [6, 6.07) is 0. The van der Waals surface area contributed by atoms with E-state index in [4.69, 9.17) is 4.74 Å². The standard InChI is InChI=1S/C4H8NO.3C4H9.Sn/c1-3-6-4-2-5-1;3*1-3-4-2;/h1-4H2;3*1,3-4H2,2H3;/q-1;;;;+1. The van der Waals surface area contributed by atoms with Gasteiger partial charge in [0.15, 0.2) is 0 Å². The van der Waals surface area contributed by atoms with Gasteiger partial charge in [-0.2, -0.15) is 0 Å². The SMILES string of the molecule is CCC[CH2][Sn]([CH2]CCC)([CH2]CCC)[N]1CCOCC1. The van der Waals surface area contributed by atoms with E-state index in [0.717, 1.165) is 13.2 Å². The first-order valence-electron chi connectivity index (χ1n) is 8.62. The van der Waals surface area contributed by atoms with Gasteiger partial charge in [0.25, 0.3) is 0 Å². The summed E-state index contributed by atoms with van der Waals surface area (Å²) in [4.78, 5) is 0. The van der Waals surface area contributed by atoms with E-state index >= 15 is 0 Å². The van der Waals surface area contributed by atoms with Crippen molar-refractivity contribution in [1.82, 2.24) is 3.12 Å². The minimum atomic E-state index is -2.07. The Labute approximate surface area is 125 Å². The molecule has 0 saturated carbocycles. The summed E-state index contributed by atoms with van der Waals surface area (Å²) in [5.41, 5.74) is 0. The molecule has 1 fully saturated rings. The molecule has 0 N–H and O–H groups in total. The van der Waals surface area contributed by atoms with Gasteiger partial charge in [0.1, 0.15) is 0 Å². The molecule has 0 amide bonds. The van der Waals surface area contributed by atoms with Crippen molar-refractivity contribution in [2.24, 2.45) is 0 Å². The summed E-state index contributed by atoms with van der Waals surface area (Å²) in [5, 5.41) is 0. The summed E-state index contributed by atoms with van der Waals surface area (Å²) in [6.07, 6.45) is 8.55. The molecule has 0 radical (unpaired) electrons. The van der Waals surface area contributed by atoms with E-state index in [1.54, 1.807) is 13.3 Å². The Morgan fingerprint density at radius 3 is 1.58 bits per heavy atom. The second-order valence-corrected chi connectivity index (χ2v) is 19.2. The molecular formula is C16H35NOSn. The second-order valence-electron chi connectivity index (χ2n) is 6.13. The number of unbranched alkanes of at least 4 members (excludes halogenated alkanes) is 3. The Bertz CT molecular complexity index is 195. The zero-order chi connectivity index (χ0) is 14.0. The Kier molecular flexibility index (Phi) is 9.77. The predicted molar refractivity (Wildman–Crippen MR) is 87.3 cm³/mol. The number of morpholine rings is 1. The third kappa shape index (κ3) is 5.92. The van der Waals surface area contributed by atoms with Crippen LogP contribution in [0.1, 0.15) is 59.3 Å². The topological polar surface area (TPSA) is 12.5 Å². The Morgan fingerprint density at radius 2 is 1.21 bits per heavy atom. The molecule has 0 aliphatic carbocycles. The van der Waals surface area contributed by atoms with Gasteiger partial charge < -0.3 is 0 Å². The summed E-state index contributed by atoms with van der Waals surface area (Å²) < 4.78 is 13.4. The monoisotopic (exact) mass is 377 g/mol. The van der Waals surface area contributed by atoms with Gasteiger partial charge in [0, 0.05) is 0 Å². The first-order valence-corrected chi connectivity index (χ1v) is 15.9. The third-order valence-electron chi connectivity index (χ3n) is 4.67. The van der Waals surface area contributed by atoms with Crippen LogP contribution in [0.4, 0.5) is 0 Å². The number of rotatable bonds is 10. The van der Waals surface area contributed by atoms with Crippen LogP contribution >= 0.6 is 0 Å². The molecule has 0 bridgehead atoms. The molecule has 0 unspecified atom stereocenters. The Balaban J connectivity index is 2.73. The van der Waals surface area contributed by atoms with E-state index in [1.165, 1.54) is 51.6 Å². The summed E-state index contributed by atoms with van der Waals surface area (Å²) in [6.45, 7) is 11.5. The third-order valence-corrected chi connectivity index (χ3v) is 20.8. The molecule has 19 heavy (non-hydrogen) atoms. The summed E-state index contributed by atoms with van der Waals surface area (Å²) in [5.74, 6) is 0. The molecule has 2 nitrogen and oxygen atoms in total. The fraction of sp³-hybridized carbons (Fsp3) is 1.00. The maximum atomic E-state index is 5.60. The van der Waals surface area contributed by atoms with Crippen molar-refractivity contribution in [3.05, 3.63) is 0 Å². The van der Waals surface area contributed by atoms with Crippen LogP contribution < -0.4 is 0 Å². The van der Waals surface area contributed by atoms with E-state index in [0.29, 0.717) is 0 Å². The van der Waals surface area contributed by atoms with Gasteiger partial charge in [-0.15, -0.1) is 0 Å². The van der Waals surface area contributed by atoms with Gasteiger partial charge >= 0.3 is 125 Å². The van der Waals surface area contributed by atoms with E-state index in [2.05, 4.69) is 23.9 Å². The molecule has 1 rings (SSSR count). The van der Waals surface area contributed by atoms with E-state index in [1.807, 2.05) is 0 Å². The van der Waals surface area contributed by atoms with Gasteiger partial charge in [-0.3, -0.25) is 0 Å². The fourth-order valence-corrected chi connectivity index (χ4v) is 20.1. The normalized spacial score (nSPS) is 17.8. The molecule has 3 heteroatoms. The molecule has 1 heterocycles. The van der Waals surface area contributed by atoms with Gasteiger partial charge in [0.2, 0.25) is 0 Å². The van der Waals surface area contributed by atoms with Gasteiger partial charge in [-0.1, -0.05) is 0 Å². The van der Waals surface area contributed by atoms with Gasteiger partial charge in [-0.05, 0) is 0 Å². The number of ether oxygens (including phenoxy) is 1. The second kappa shape index (κ2) is 10.4.